The number of primary amides is 1. The van der Waals surface area contributed by atoms with Crippen molar-refractivity contribution in [3.05, 3.63) is 59.7 Å². The Labute approximate surface area is 178 Å². The number of carbonyl (C=O) groups excluding carboxylic acids is 1. The third-order valence-corrected chi connectivity index (χ3v) is 5.09. The van der Waals surface area contributed by atoms with E-state index < -0.39 is 0 Å². The van der Waals surface area contributed by atoms with Gasteiger partial charge < -0.3 is 26.0 Å². The number of likely N-dealkylation sites (tertiary alicyclic amines) is 1. The van der Waals surface area contributed by atoms with Crippen LogP contribution in [0.2, 0.25) is 0 Å². The SMILES string of the molecule is CCNC(=NCc1ccccc1Oc1cccc(C)c1)NC1CCN(C(N)=O)CC1. The molecule has 0 atom stereocenters. The van der Waals surface area contributed by atoms with Gasteiger partial charge in [0.2, 0.25) is 0 Å². The second kappa shape index (κ2) is 10.5. The molecular formula is C23H31N5O2. The number of guanidine groups is 1. The summed E-state index contributed by atoms with van der Waals surface area (Å²) in [5.74, 6) is 2.38. The van der Waals surface area contributed by atoms with Crippen molar-refractivity contribution in [2.45, 2.75) is 39.3 Å². The number of nitrogens with two attached hydrogens (primary N) is 1. The molecule has 1 saturated heterocycles. The second-order valence-corrected chi connectivity index (χ2v) is 7.47. The summed E-state index contributed by atoms with van der Waals surface area (Å²) in [5, 5.41) is 6.79. The molecule has 30 heavy (non-hydrogen) atoms. The van der Waals surface area contributed by atoms with E-state index in [4.69, 9.17) is 15.5 Å². The van der Waals surface area contributed by atoms with Gasteiger partial charge in [0.25, 0.3) is 0 Å². The number of ether oxygens (including phenoxy) is 1. The zero-order valence-corrected chi connectivity index (χ0v) is 17.7. The lowest BCUT2D eigenvalue weighted by Crippen LogP contribution is -2.50. The number of hydrogen-bond donors (Lipinski definition) is 3. The lowest BCUT2D eigenvalue weighted by Gasteiger charge is -2.32. The lowest BCUT2D eigenvalue weighted by molar-refractivity contribution is 0.188. The Kier molecular flexibility index (Phi) is 7.54. The summed E-state index contributed by atoms with van der Waals surface area (Å²) < 4.78 is 6.11. The highest BCUT2D eigenvalue weighted by atomic mass is 16.5. The number of aryl methyl sites for hydroxylation is 1. The number of nitrogens with zero attached hydrogens (tertiary/aromatic N) is 2. The first kappa shape index (κ1) is 21.5. The van der Waals surface area contributed by atoms with Crippen molar-refractivity contribution in [2.75, 3.05) is 19.6 Å². The fourth-order valence-corrected chi connectivity index (χ4v) is 3.46. The molecule has 0 unspecified atom stereocenters. The van der Waals surface area contributed by atoms with Crippen LogP contribution in [0.3, 0.4) is 0 Å². The maximum absolute atomic E-state index is 11.3. The number of amides is 2. The van der Waals surface area contributed by atoms with Gasteiger partial charge >= 0.3 is 6.03 Å². The largest absolute Gasteiger partial charge is 0.457 e. The van der Waals surface area contributed by atoms with E-state index in [9.17, 15) is 4.79 Å². The van der Waals surface area contributed by atoms with Gasteiger partial charge in [-0.05, 0) is 50.5 Å². The fourth-order valence-electron chi connectivity index (χ4n) is 3.46. The number of urea groups is 1. The van der Waals surface area contributed by atoms with Crippen LogP contribution in [0.1, 0.15) is 30.9 Å². The van der Waals surface area contributed by atoms with Crippen LogP contribution in [0.15, 0.2) is 53.5 Å². The molecule has 4 N–H and O–H groups in total. The molecule has 1 aliphatic rings. The van der Waals surface area contributed by atoms with Crippen molar-refractivity contribution in [1.82, 2.24) is 15.5 Å². The molecule has 0 saturated carbocycles. The van der Waals surface area contributed by atoms with Crippen LogP contribution in [-0.4, -0.2) is 42.6 Å². The summed E-state index contributed by atoms with van der Waals surface area (Å²) in [7, 11) is 0. The third-order valence-electron chi connectivity index (χ3n) is 5.09. The van der Waals surface area contributed by atoms with Crippen LogP contribution < -0.4 is 21.1 Å². The molecule has 0 aliphatic carbocycles. The van der Waals surface area contributed by atoms with Crippen LogP contribution in [0.5, 0.6) is 11.5 Å². The molecule has 2 aromatic carbocycles. The molecule has 2 aromatic rings. The minimum absolute atomic E-state index is 0.261. The number of aliphatic imine (C=N–C) groups is 1. The lowest BCUT2D eigenvalue weighted by atomic mass is 10.1. The number of rotatable bonds is 6. The van der Waals surface area contributed by atoms with E-state index in [0.29, 0.717) is 19.6 Å². The van der Waals surface area contributed by atoms with E-state index in [0.717, 1.165) is 48.0 Å². The standard InChI is InChI=1S/C23H31N5O2/c1-3-25-23(27-19-11-13-28(14-12-19)22(24)29)26-16-18-8-4-5-10-21(18)30-20-9-6-7-17(2)15-20/h4-10,15,19H,3,11-14,16H2,1-2H3,(H2,24,29)(H2,25,26,27). The van der Waals surface area contributed by atoms with Gasteiger partial charge in [0.1, 0.15) is 11.5 Å². The Bertz CT molecular complexity index is 875. The molecular weight excluding hydrogens is 378 g/mol. The molecule has 1 heterocycles. The van der Waals surface area contributed by atoms with E-state index in [2.05, 4.69) is 10.6 Å². The topological polar surface area (TPSA) is 92.0 Å². The smallest absolute Gasteiger partial charge is 0.314 e. The zero-order chi connectivity index (χ0) is 21.3. The molecule has 0 bridgehead atoms. The van der Waals surface area contributed by atoms with E-state index in [1.54, 1.807) is 4.90 Å². The first-order valence-electron chi connectivity index (χ1n) is 10.5. The number of benzene rings is 2. The zero-order valence-electron chi connectivity index (χ0n) is 17.7. The Hall–Kier alpha value is -3.22. The summed E-state index contributed by atoms with van der Waals surface area (Å²) in [6.07, 6.45) is 1.70. The van der Waals surface area contributed by atoms with Gasteiger partial charge in [-0.15, -0.1) is 0 Å². The molecule has 0 radical (unpaired) electrons. The molecule has 2 amide bonds. The average Bonchev–Trinajstić information content (AvgIpc) is 2.73. The van der Waals surface area contributed by atoms with Gasteiger partial charge in [-0.1, -0.05) is 30.3 Å². The number of para-hydroxylation sites is 1. The number of piperidine rings is 1. The average molecular weight is 410 g/mol. The van der Waals surface area contributed by atoms with Crippen molar-refractivity contribution in [3.8, 4) is 11.5 Å². The maximum atomic E-state index is 11.3. The van der Waals surface area contributed by atoms with Crippen molar-refractivity contribution >= 4 is 12.0 Å². The molecule has 7 heteroatoms. The van der Waals surface area contributed by atoms with E-state index in [-0.39, 0.29) is 12.1 Å². The van der Waals surface area contributed by atoms with Gasteiger partial charge in [-0.2, -0.15) is 0 Å². The third kappa shape index (κ3) is 6.14. The number of carbonyl (C=O) groups is 1. The monoisotopic (exact) mass is 409 g/mol. The van der Waals surface area contributed by atoms with Gasteiger partial charge in [-0.25, -0.2) is 9.79 Å². The van der Waals surface area contributed by atoms with E-state index in [1.807, 2.05) is 62.4 Å². The second-order valence-electron chi connectivity index (χ2n) is 7.47. The summed E-state index contributed by atoms with van der Waals surface area (Å²) >= 11 is 0. The highest BCUT2D eigenvalue weighted by molar-refractivity contribution is 5.80. The highest BCUT2D eigenvalue weighted by Crippen LogP contribution is 2.26. The minimum Gasteiger partial charge on any atom is -0.457 e. The van der Waals surface area contributed by atoms with Crippen LogP contribution in [0.25, 0.3) is 0 Å². The quantitative estimate of drug-likeness (QED) is 0.504. The summed E-state index contributed by atoms with van der Waals surface area (Å²) in [6, 6.07) is 15.9. The van der Waals surface area contributed by atoms with Crippen molar-refractivity contribution in [3.63, 3.8) is 0 Å². The molecule has 1 fully saturated rings. The summed E-state index contributed by atoms with van der Waals surface area (Å²) in [5.41, 5.74) is 7.54. The fraction of sp³-hybridized carbons (Fsp3) is 0.391. The van der Waals surface area contributed by atoms with Gasteiger partial charge in [0.05, 0.1) is 6.54 Å². The molecule has 7 nitrogen and oxygen atoms in total. The predicted octanol–water partition coefficient (Wildman–Crippen LogP) is 3.39. The van der Waals surface area contributed by atoms with Gasteiger partial charge in [0.15, 0.2) is 5.96 Å². The maximum Gasteiger partial charge on any atom is 0.314 e. The first-order chi connectivity index (χ1) is 14.5. The Morgan fingerprint density at radius 3 is 2.67 bits per heavy atom. The van der Waals surface area contributed by atoms with Crippen molar-refractivity contribution < 1.29 is 9.53 Å². The Morgan fingerprint density at radius 1 is 1.20 bits per heavy atom. The molecule has 1 aliphatic heterocycles. The Balaban J connectivity index is 1.65. The molecule has 0 aromatic heterocycles. The van der Waals surface area contributed by atoms with Gasteiger partial charge in [-0.3, -0.25) is 0 Å². The molecule has 160 valence electrons. The molecule has 3 rings (SSSR count). The van der Waals surface area contributed by atoms with Crippen LogP contribution in [-0.2, 0) is 6.54 Å². The predicted molar refractivity (Wildman–Crippen MR) is 120 cm³/mol. The van der Waals surface area contributed by atoms with Crippen molar-refractivity contribution in [1.29, 1.82) is 0 Å². The summed E-state index contributed by atoms with van der Waals surface area (Å²) in [6.45, 7) is 6.69. The van der Waals surface area contributed by atoms with E-state index >= 15 is 0 Å². The highest BCUT2D eigenvalue weighted by Gasteiger charge is 2.21. The summed E-state index contributed by atoms with van der Waals surface area (Å²) in [4.78, 5) is 17.7. The van der Waals surface area contributed by atoms with Gasteiger partial charge in [0, 0.05) is 31.2 Å². The first-order valence-corrected chi connectivity index (χ1v) is 10.5. The normalized spacial score (nSPS) is 15.0. The Morgan fingerprint density at radius 2 is 1.97 bits per heavy atom. The van der Waals surface area contributed by atoms with Crippen LogP contribution >= 0.6 is 0 Å². The van der Waals surface area contributed by atoms with Crippen molar-refractivity contribution in [2.24, 2.45) is 10.7 Å². The van der Waals surface area contributed by atoms with Crippen LogP contribution in [0.4, 0.5) is 4.79 Å². The number of hydrogen-bond acceptors (Lipinski definition) is 3. The minimum atomic E-state index is -0.348. The van der Waals surface area contributed by atoms with E-state index in [1.165, 1.54) is 0 Å². The number of nitrogens with one attached hydrogen (secondary N) is 2. The van der Waals surface area contributed by atoms with Crippen LogP contribution in [0, 0.1) is 6.92 Å². The molecule has 0 spiro atoms.